The Hall–Kier alpha value is -2.07. The summed E-state index contributed by atoms with van der Waals surface area (Å²) in [5.41, 5.74) is 6.65. The number of hydrogen-bond donors (Lipinski definition) is 1. The van der Waals surface area contributed by atoms with E-state index >= 15 is 0 Å². The highest BCUT2D eigenvalue weighted by Gasteiger charge is 2.40. The summed E-state index contributed by atoms with van der Waals surface area (Å²) in [7, 11) is -1.94. The predicted molar refractivity (Wildman–Crippen MR) is 144 cm³/mol. The summed E-state index contributed by atoms with van der Waals surface area (Å²) in [6.07, 6.45) is 0.632. The van der Waals surface area contributed by atoms with Crippen molar-refractivity contribution < 1.29 is 19.0 Å². The van der Waals surface area contributed by atoms with E-state index in [2.05, 4.69) is 79.7 Å². The number of rotatable bonds is 4. The van der Waals surface area contributed by atoms with Crippen LogP contribution in [-0.4, -0.2) is 30.2 Å². The third kappa shape index (κ3) is 6.20. The molecule has 0 fully saturated rings. The van der Waals surface area contributed by atoms with Gasteiger partial charge in [0.05, 0.1) is 12.3 Å². The maximum absolute atomic E-state index is 14.6. The van der Waals surface area contributed by atoms with Crippen molar-refractivity contribution in [2.75, 3.05) is 20.2 Å². The molecule has 1 aliphatic heterocycles. The van der Waals surface area contributed by atoms with Crippen molar-refractivity contribution in [3.05, 3.63) is 69.2 Å². The molecular formula is C29H42NO4P. The first-order valence-corrected chi connectivity index (χ1v) is 13.9. The Balaban J connectivity index is 2.35. The number of aryl methyl sites for hydroxylation is 2. The Morgan fingerprint density at radius 1 is 0.943 bits per heavy atom. The van der Waals surface area contributed by atoms with E-state index in [1.807, 2.05) is 18.9 Å². The molecule has 0 atom stereocenters. The molecule has 35 heavy (non-hydrogen) atoms. The number of hydrogen-bond acceptors (Lipinski definition) is 5. The van der Waals surface area contributed by atoms with Crippen LogP contribution in [0.4, 0.5) is 0 Å². The monoisotopic (exact) mass is 499 g/mol. The van der Waals surface area contributed by atoms with Crippen LogP contribution in [-0.2, 0) is 17.3 Å². The molecule has 0 saturated carbocycles. The fourth-order valence-electron chi connectivity index (χ4n) is 4.47. The van der Waals surface area contributed by atoms with Gasteiger partial charge in [-0.05, 0) is 31.6 Å². The molecule has 1 heterocycles. The van der Waals surface area contributed by atoms with E-state index in [9.17, 15) is 10.00 Å². The number of fused-ring (bicyclic) bond motifs is 2. The summed E-state index contributed by atoms with van der Waals surface area (Å²) in [5.74, 6) is 2.88. The highest BCUT2D eigenvalue weighted by Crippen LogP contribution is 2.60. The summed E-state index contributed by atoms with van der Waals surface area (Å²) >= 11 is 0. The number of benzene rings is 2. The van der Waals surface area contributed by atoms with Crippen molar-refractivity contribution in [3.8, 4) is 11.5 Å². The van der Waals surface area contributed by atoms with Crippen LogP contribution in [0, 0.1) is 13.8 Å². The van der Waals surface area contributed by atoms with Gasteiger partial charge in [-0.15, -0.1) is 0 Å². The average molecular weight is 500 g/mol. The number of aliphatic hydroxyl groups is 1. The van der Waals surface area contributed by atoms with Crippen molar-refractivity contribution in [2.24, 2.45) is 0 Å². The van der Waals surface area contributed by atoms with E-state index in [1.165, 1.54) is 0 Å². The quantitative estimate of drug-likeness (QED) is 0.510. The maximum atomic E-state index is 14.6. The summed E-state index contributed by atoms with van der Waals surface area (Å²) in [6.45, 7) is 19.3. The molecule has 0 amide bonds. The molecule has 0 saturated heterocycles. The Morgan fingerprint density at radius 2 is 1.37 bits per heavy atom. The molecule has 6 heteroatoms. The lowest BCUT2D eigenvalue weighted by Crippen LogP contribution is -2.28. The van der Waals surface area contributed by atoms with Crippen LogP contribution in [0.3, 0.4) is 0 Å². The van der Waals surface area contributed by atoms with Crippen molar-refractivity contribution in [2.45, 2.75) is 79.6 Å². The molecule has 1 aliphatic rings. The molecule has 0 aliphatic carbocycles. The van der Waals surface area contributed by atoms with Crippen LogP contribution in [0.2, 0.25) is 0 Å². The lowest BCUT2D eigenvalue weighted by Gasteiger charge is -2.35. The smallest absolute Gasteiger partial charge is 0.360 e. The zero-order chi connectivity index (χ0) is 26.3. The highest BCUT2D eigenvalue weighted by molar-refractivity contribution is 7.63. The van der Waals surface area contributed by atoms with Crippen LogP contribution < -0.4 is 13.9 Å². The van der Waals surface area contributed by atoms with E-state index in [0.29, 0.717) is 24.5 Å². The fourth-order valence-corrected chi connectivity index (χ4v) is 6.21. The SMILES string of the molecule is C/C(=C\[P+]1([O-])Oc2c(cc(C)cc2C(C)(C)C)Cc2cc(C)cc(C(C)(C)C)c2O1)N(C)CCO. The van der Waals surface area contributed by atoms with Crippen molar-refractivity contribution in [1.82, 2.24) is 4.90 Å². The molecule has 3 rings (SSSR count). The zero-order valence-electron chi connectivity index (χ0n) is 23.1. The van der Waals surface area contributed by atoms with Crippen LogP contribution in [0.1, 0.15) is 81.8 Å². The van der Waals surface area contributed by atoms with Gasteiger partial charge in [-0.2, -0.15) is 0 Å². The minimum absolute atomic E-state index is 0.000259. The number of aliphatic hydroxyl groups excluding tert-OH is 1. The van der Waals surface area contributed by atoms with Gasteiger partial charge in [0.25, 0.3) is 0 Å². The molecular weight excluding hydrogens is 457 g/mol. The molecule has 2 aromatic carbocycles. The second kappa shape index (κ2) is 9.76. The maximum Gasteiger partial charge on any atom is 0.360 e. The van der Waals surface area contributed by atoms with Crippen molar-refractivity contribution in [3.63, 3.8) is 0 Å². The van der Waals surface area contributed by atoms with Gasteiger partial charge in [-0.1, -0.05) is 76.9 Å². The minimum atomic E-state index is -3.79. The molecule has 0 unspecified atom stereocenters. The first kappa shape index (κ1) is 27.5. The van der Waals surface area contributed by atoms with Gasteiger partial charge in [0, 0.05) is 42.3 Å². The molecule has 0 radical (unpaired) electrons. The molecule has 0 spiro atoms. The first-order valence-electron chi connectivity index (χ1n) is 12.3. The molecule has 1 N–H and O–H groups in total. The van der Waals surface area contributed by atoms with Gasteiger partial charge >= 0.3 is 7.94 Å². The lowest BCUT2D eigenvalue weighted by atomic mass is 9.81. The number of allylic oxidation sites excluding steroid dienone is 1. The Kier molecular flexibility index (Phi) is 7.68. The highest BCUT2D eigenvalue weighted by atomic mass is 31.2. The second-order valence-electron chi connectivity index (χ2n) is 11.9. The lowest BCUT2D eigenvalue weighted by molar-refractivity contribution is -0.198. The van der Waals surface area contributed by atoms with Crippen LogP contribution in [0.25, 0.3) is 0 Å². The predicted octanol–water partition coefficient (Wildman–Crippen LogP) is 6.17. The van der Waals surface area contributed by atoms with Crippen molar-refractivity contribution in [1.29, 1.82) is 0 Å². The molecule has 0 bridgehead atoms. The summed E-state index contributed by atoms with van der Waals surface area (Å²) in [6, 6.07) is 8.52. The van der Waals surface area contributed by atoms with Gasteiger partial charge < -0.3 is 23.9 Å². The summed E-state index contributed by atoms with van der Waals surface area (Å²) in [4.78, 5) is 16.4. The normalized spacial score (nSPS) is 15.8. The van der Waals surface area contributed by atoms with Gasteiger partial charge in [0.1, 0.15) is 5.82 Å². The molecule has 5 nitrogen and oxygen atoms in total. The molecule has 0 aromatic heterocycles. The largest absolute Gasteiger partial charge is 0.613 e. The standard InChI is InChI=1S/C29H42NO4P/c1-19-13-22-17-23-14-20(2)16-25(29(7,8)9)27(23)34-35(32,18-21(3)30(10)11-12-31)33-26(22)24(15-19)28(4,5)6/h13-16,18,31H,11-12,17H2,1-10H3/b21-18+. The second-order valence-corrected chi connectivity index (χ2v) is 13.6. The van der Waals surface area contributed by atoms with E-state index in [4.69, 9.17) is 9.05 Å². The van der Waals surface area contributed by atoms with Gasteiger partial charge in [-0.25, -0.2) is 0 Å². The van der Waals surface area contributed by atoms with E-state index in [-0.39, 0.29) is 17.4 Å². The van der Waals surface area contributed by atoms with Crippen molar-refractivity contribution >= 4 is 7.94 Å². The van der Waals surface area contributed by atoms with E-state index in [0.717, 1.165) is 39.1 Å². The van der Waals surface area contributed by atoms with E-state index < -0.39 is 7.94 Å². The van der Waals surface area contributed by atoms with Crippen LogP contribution in [0.5, 0.6) is 11.5 Å². The Labute approximate surface area is 212 Å². The summed E-state index contributed by atoms with van der Waals surface area (Å²) in [5, 5.41) is 9.40. The zero-order valence-corrected chi connectivity index (χ0v) is 24.0. The van der Waals surface area contributed by atoms with Gasteiger partial charge in [0.2, 0.25) is 0 Å². The minimum Gasteiger partial charge on any atom is -0.613 e. The van der Waals surface area contributed by atoms with E-state index in [1.54, 1.807) is 5.82 Å². The number of likely N-dealkylation sites (N-methyl/N-ethyl adjacent to an activating group) is 1. The van der Waals surface area contributed by atoms with Crippen LogP contribution in [0.15, 0.2) is 35.8 Å². The summed E-state index contributed by atoms with van der Waals surface area (Å²) < 4.78 is 12.9. The first-order chi connectivity index (χ1) is 16.0. The molecule has 192 valence electrons. The Morgan fingerprint density at radius 3 is 1.74 bits per heavy atom. The van der Waals surface area contributed by atoms with Gasteiger partial charge in [-0.3, -0.25) is 0 Å². The average Bonchev–Trinajstić information content (AvgIpc) is 2.69. The van der Waals surface area contributed by atoms with Crippen LogP contribution >= 0.6 is 7.94 Å². The fraction of sp³-hybridized carbons (Fsp3) is 0.517. The van der Waals surface area contributed by atoms with Gasteiger partial charge in [0.15, 0.2) is 11.5 Å². The number of nitrogens with zero attached hydrogens (tertiary/aromatic N) is 1. The Bertz CT molecular complexity index is 1050. The topological polar surface area (TPSA) is 65.0 Å². The molecule has 2 aromatic rings. The third-order valence-corrected chi connectivity index (χ3v) is 8.00. The third-order valence-electron chi connectivity index (χ3n) is 6.44.